The molecule has 0 unspecified atom stereocenters. The van der Waals surface area contributed by atoms with Crippen LogP contribution in [-0.4, -0.2) is 33.4 Å². The Balaban J connectivity index is 2.04. The molecule has 0 saturated carbocycles. The maximum Gasteiger partial charge on any atom is 0.237 e. The second-order valence-corrected chi connectivity index (χ2v) is 5.58. The van der Waals surface area contributed by atoms with Gasteiger partial charge >= 0.3 is 0 Å². The van der Waals surface area contributed by atoms with E-state index in [0.717, 1.165) is 12.2 Å². The van der Waals surface area contributed by atoms with Crippen molar-refractivity contribution >= 4 is 23.4 Å². The molecule has 0 aliphatic carbocycles. The van der Waals surface area contributed by atoms with Gasteiger partial charge in [-0.25, -0.2) is 9.37 Å². The number of thioether (sulfide) groups is 1. The van der Waals surface area contributed by atoms with Gasteiger partial charge in [-0.2, -0.15) is 5.26 Å². The minimum absolute atomic E-state index is 0.143. The lowest BCUT2D eigenvalue weighted by molar-refractivity contribution is -0.116. The Morgan fingerprint density at radius 1 is 1.43 bits per heavy atom. The van der Waals surface area contributed by atoms with Gasteiger partial charge in [-0.3, -0.25) is 9.89 Å². The summed E-state index contributed by atoms with van der Waals surface area (Å²) in [5.41, 5.74) is 0.566. The van der Waals surface area contributed by atoms with E-state index in [1.165, 1.54) is 40.9 Å². The van der Waals surface area contributed by atoms with Crippen LogP contribution >= 0.6 is 11.8 Å². The van der Waals surface area contributed by atoms with Crippen molar-refractivity contribution in [1.82, 2.24) is 15.2 Å². The van der Waals surface area contributed by atoms with Crippen LogP contribution < -0.4 is 4.90 Å². The van der Waals surface area contributed by atoms with Crippen LogP contribution in [0, 0.1) is 17.1 Å². The summed E-state index contributed by atoms with van der Waals surface area (Å²) in [6, 6.07) is 7.64. The molecule has 0 fully saturated rings. The molecule has 120 valence electrons. The maximum absolute atomic E-state index is 13.0. The predicted molar refractivity (Wildman–Crippen MR) is 85.5 cm³/mol. The fourth-order valence-corrected chi connectivity index (χ4v) is 2.58. The molecular formula is C15H16FN5OS. The molecule has 0 bridgehead atoms. The van der Waals surface area contributed by atoms with Gasteiger partial charge in [0.2, 0.25) is 11.1 Å². The molecule has 0 aliphatic rings. The molecule has 0 atom stereocenters. The fourth-order valence-electron chi connectivity index (χ4n) is 1.89. The normalized spacial score (nSPS) is 10.3. The number of aromatic amines is 1. The van der Waals surface area contributed by atoms with Crippen molar-refractivity contribution in [2.45, 2.75) is 24.9 Å². The van der Waals surface area contributed by atoms with E-state index in [1.54, 1.807) is 0 Å². The summed E-state index contributed by atoms with van der Waals surface area (Å²) in [7, 11) is 0. The second kappa shape index (κ2) is 8.29. The number of H-pyrrole nitrogens is 1. The SMILES string of the molecule is CCc1nc(SCC(=O)N(CCC#N)c2ccc(F)cc2)n[nH]1. The molecule has 0 aliphatic heterocycles. The van der Waals surface area contributed by atoms with Gasteiger partial charge in [-0.15, -0.1) is 5.10 Å². The second-order valence-electron chi connectivity index (χ2n) is 4.64. The summed E-state index contributed by atoms with van der Waals surface area (Å²) in [5, 5.41) is 16.1. The van der Waals surface area contributed by atoms with Gasteiger partial charge in [-0.1, -0.05) is 18.7 Å². The standard InChI is InChI=1S/C15H16FN5OS/c1-2-13-18-15(20-19-13)23-10-14(22)21(9-3-8-17)12-6-4-11(16)5-7-12/h4-7H,2-3,9-10H2,1H3,(H,18,19,20). The monoisotopic (exact) mass is 333 g/mol. The molecule has 1 heterocycles. The highest BCUT2D eigenvalue weighted by atomic mass is 32.2. The van der Waals surface area contributed by atoms with Crippen molar-refractivity contribution in [3.05, 3.63) is 35.9 Å². The summed E-state index contributed by atoms with van der Waals surface area (Å²) in [6.07, 6.45) is 0.944. The number of halogens is 1. The Hall–Kier alpha value is -2.40. The number of anilines is 1. The molecule has 0 spiro atoms. The lowest BCUT2D eigenvalue weighted by Gasteiger charge is -2.21. The average Bonchev–Trinajstić information content (AvgIpc) is 3.03. The van der Waals surface area contributed by atoms with E-state index in [-0.39, 0.29) is 30.4 Å². The first-order chi connectivity index (χ1) is 11.1. The lowest BCUT2D eigenvalue weighted by Crippen LogP contribution is -2.33. The molecule has 2 rings (SSSR count). The molecule has 1 aromatic heterocycles. The van der Waals surface area contributed by atoms with Crippen LogP contribution in [0.15, 0.2) is 29.4 Å². The number of hydrogen-bond donors (Lipinski definition) is 1. The lowest BCUT2D eigenvalue weighted by atomic mass is 10.2. The smallest absolute Gasteiger partial charge is 0.237 e. The van der Waals surface area contributed by atoms with Crippen LogP contribution in [0.4, 0.5) is 10.1 Å². The Labute approximate surface area is 137 Å². The van der Waals surface area contributed by atoms with Crippen LogP contribution in [0.2, 0.25) is 0 Å². The molecule has 2 aromatic rings. The molecule has 1 aromatic carbocycles. The van der Waals surface area contributed by atoms with E-state index in [2.05, 4.69) is 15.2 Å². The van der Waals surface area contributed by atoms with Gasteiger partial charge in [-0.05, 0) is 24.3 Å². The number of nitrogens with zero attached hydrogens (tertiary/aromatic N) is 4. The van der Waals surface area contributed by atoms with Crippen molar-refractivity contribution in [3.63, 3.8) is 0 Å². The first-order valence-corrected chi connectivity index (χ1v) is 8.09. The largest absolute Gasteiger partial charge is 0.311 e. The van der Waals surface area contributed by atoms with Crippen LogP contribution in [0.25, 0.3) is 0 Å². The van der Waals surface area contributed by atoms with Crippen molar-refractivity contribution in [1.29, 1.82) is 5.26 Å². The first kappa shape index (κ1) is 17.0. The Kier molecular flexibility index (Phi) is 6.11. The summed E-state index contributed by atoms with van der Waals surface area (Å²) in [4.78, 5) is 18.1. The van der Waals surface area contributed by atoms with Crippen molar-refractivity contribution in [2.24, 2.45) is 0 Å². The highest BCUT2D eigenvalue weighted by Crippen LogP contribution is 2.19. The van der Waals surface area contributed by atoms with Gasteiger partial charge < -0.3 is 4.90 Å². The van der Waals surface area contributed by atoms with Crippen LogP contribution in [-0.2, 0) is 11.2 Å². The number of hydrogen-bond acceptors (Lipinski definition) is 5. The highest BCUT2D eigenvalue weighted by Gasteiger charge is 2.17. The molecule has 0 radical (unpaired) electrons. The maximum atomic E-state index is 13.0. The van der Waals surface area contributed by atoms with E-state index in [9.17, 15) is 9.18 Å². The zero-order valence-electron chi connectivity index (χ0n) is 12.6. The number of nitriles is 1. The predicted octanol–water partition coefficient (Wildman–Crippen LogP) is 2.55. The zero-order valence-corrected chi connectivity index (χ0v) is 13.4. The van der Waals surface area contributed by atoms with Crippen molar-refractivity contribution in [2.75, 3.05) is 17.2 Å². The molecule has 6 nitrogen and oxygen atoms in total. The number of carbonyl (C=O) groups excluding carboxylic acids is 1. The number of benzene rings is 1. The molecule has 8 heteroatoms. The summed E-state index contributed by atoms with van der Waals surface area (Å²) in [6.45, 7) is 2.22. The van der Waals surface area contributed by atoms with Crippen LogP contribution in [0.5, 0.6) is 0 Å². The number of rotatable bonds is 7. The average molecular weight is 333 g/mol. The van der Waals surface area contributed by atoms with Crippen molar-refractivity contribution in [3.8, 4) is 6.07 Å². The number of aryl methyl sites for hydroxylation is 1. The molecule has 23 heavy (non-hydrogen) atoms. The van der Waals surface area contributed by atoms with Gasteiger partial charge in [0.15, 0.2) is 0 Å². The van der Waals surface area contributed by atoms with Gasteiger partial charge in [0, 0.05) is 18.7 Å². The third-order valence-corrected chi connectivity index (χ3v) is 3.89. The van der Waals surface area contributed by atoms with E-state index in [0.29, 0.717) is 10.8 Å². The van der Waals surface area contributed by atoms with Crippen LogP contribution in [0.3, 0.4) is 0 Å². The third kappa shape index (κ3) is 4.79. The minimum Gasteiger partial charge on any atom is -0.311 e. The van der Waals surface area contributed by atoms with Gasteiger partial charge in [0.05, 0.1) is 18.2 Å². The number of carbonyl (C=O) groups is 1. The first-order valence-electron chi connectivity index (χ1n) is 7.11. The third-order valence-electron chi connectivity index (χ3n) is 3.06. The Morgan fingerprint density at radius 2 is 2.17 bits per heavy atom. The fraction of sp³-hybridized carbons (Fsp3) is 0.333. The Morgan fingerprint density at radius 3 is 2.78 bits per heavy atom. The van der Waals surface area contributed by atoms with E-state index >= 15 is 0 Å². The highest BCUT2D eigenvalue weighted by molar-refractivity contribution is 7.99. The van der Waals surface area contributed by atoms with E-state index in [1.807, 2.05) is 13.0 Å². The quantitative estimate of drug-likeness (QED) is 0.787. The topological polar surface area (TPSA) is 85.7 Å². The zero-order chi connectivity index (χ0) is 16.7. The van der Waals surface area contributed by atoms with Gasteiger partial charge in [0.1, 0.15) is 11.6 Å². The van der Waals surface area contributed by atoms with Crippen molar-refractivity contribution < 1.29 is 9.18 Å². The summed E-state index contributed by atoms with van der Waals surface area (Å²) >= 11 is 1.22. The molecule has 1 amide bonds. The molecular weight excluding hydrogens is 317 g/mol. The van der Waals surface area contributed by atoms with E-state index < -0.39 is 0 Å². The minimum atomic E-state index is -0.372. The number of nitrogens with one attached hydrogen (secondary N) is 1. The summed E-state index contributed by atoms with van der Waals surface area (Å²) < 4.78 is 13.0. The van der Waals surface area contributed by atoms with E-state index in [4.69, 9.17) is 5.26 Å². The number of amides is 1. The number of aromatic nitrogens is 3. The molecule has 1 N–H and O–H groups in total. The Bertz CT molecular complexity index is 695. The van der Waals surface area contributed by atoms with Crippen LogP contribution in [0.1, 0.15) is 19.2 Å². The summed E-state index contributed by atoms with van der Waals surface area (Å²) in [5.74, 6) is 0.354. The molecule has 0 saturated heterocycles. The van der Waals surface area contributed by atoms with Gasteiger partial charge in [0.25, 0.3) is 0 Å².